The second-order valence-electron chi connectivity index (χ2n) is 13.6. The lowest BCUT2D eigenvalue weighted by Crippen LogP contribution is -2.59. The molecule has 2 aliphatic heterocycles. The van der Waals surface area contributed by atoms with E-state index < -0.39 is 71.9 Å². The second kappa shape index (κ2) is 14.3. The Kier molecular flexibility index (Phi) is 12.6. The predicted octanol–water partition coefficient (Wildman–Crippen LogP) is 0.976. The molecule has 5 N–H and O–H groups in total. The lowest BCUT2D eigenvalue weighted by Gasteiger charge is -2.46. The summed E-state index contributed by atoms with van der Waals surface area (Å²) < 4.78 is 18.1. The molecule has 2 heterocycles. The Labute approximate surface area is 246 Å². The quantitative estimate of drug-likeness (QED) is 0.298. The first-order chi connectivity index (χ1) is 18.8. The lowest BCUT2D eigenvalue weighted by molar-refractivity contribution is -0.299. The number of esters is 1. The minimum Gasteiger partial charge on any atom is -0.459 e. The molecule has 2 aliphatic rings. The van der Waals surface area contributed by atoms with Crippen molar-refractivity contribution in [1.82, 2.24) is 9.80 Å². The minimum absolute atomic E-state index is 0.0990. The number of cyclic esters (lactones) is 1. The highest BCUT2D eigenvalue weighted by Crippen LogP contribution is 2.36. The van der Waals surface area contributed by atoms with Crippen molar-refractivity contribution in [2.24, 2.45) is 17.8 Å². The summed E-state index contributed by atoms with van der Waals surface area (Å²) in [5.74, 6) is -2.65. The van der Waals surface area contributed by atoms with E-state index in [1.54, 1.807) is 27.7 Å². The Morgan fingerprint density at radius 2 is 1.63 bits per heavy atom. The molecule has 242 valence electrons. The van der Waals surface area contributed by atoms with Gasteiger partial charge in [-0.1, -0.05) is 20.8 Å². The summed E-state index contributed by atoms with van der Waals surface area (Å²) in [6.45, 7) is 14.2. The molecule has 0 aromatic carbocycles. The molecule has 41 heavy (non-hydrogen) atoms. The van der Waals surface area contributed by atoms with E-state index in [1.165, 1.54) is 13.8 Å². The number of hydrogen-bond donors (Lipinski definition) is 5. The molecule has 11 nitrogen and oxygen atoms in total. The van der Waals surface area contributed by atoms with Crippen molar-refractivity contribution in [3.8, 4) is 0 Å². The predicted molar refractivity (Wildman–Crippen MR) is 155 cm³/mol. The molecule has 0 aromatic heterocycles. The molecule has 2 saturated heterocycles. The van der Waals surface area contributed by atoms with E-state index in [9.17, 15) is 30.3 Å². The lowest BCUT2D eigenvalue weighted by atomic mass is 9.78. The van der Waals surface area contributed by atoms with Crippen LogP contribution in [-0.2, 0) is 19.0 Å². The van der Waals surface area contributed by atoms with Crippen LogP contribution in [-0.4, -0.2) is 135 Å². The molecule has 0 aliphatic carbocycles. The van der Waals surface area contributed by atoms with Crippen LogP contribution in [0, 0.1) is 17.8 Å². The summed E-state index contributed by atoms with van der Waals surface area (Å²) in [4.78, 5) is 17.1. The third-order valence-corrected chi connectivity index (χ3v) is 9.46. The van der Waals surface area contributed by atoms with Crippen LogP contribution in [0.2, 0.25) is 0 Å². The van der Waals surface area contributed by atoms with E-state index in [0.717, 1.165) is 0 Å². The molecule has 11 heteroatoms. The van der Waals surface area contributed by atoms with Crippen molar-refractivity contribution >= 4 is 5.97 Å². The minimum atomic E-state index is -1.75. The number of hydrogen-bond acceptors (Lipinski definition) is 11. The molecular formula is C30H58N2O9. The number of likely N-dealkylation sites (N-methyl/N-ethyl adjacent to an activating group) is 2. The Hall–Kier alpha value is -0.890. The average Bonchev–Trinajstić information content (AvgIpc) is 2.87. The molecule has 0 saturated carbocycles. The summed E-state index contributed by atoms with van der Waals surface area (Å²) in [6, 6.07) is -0.733. The maximum atomic E-state index is 13.3. The number of rotatable bonds is 4. The zero-order valence-corrected chi connectivity index (χ0v) is 27.0. The third kappa shape index (κ3) is 8.39. The van der Waals surface area contributed by atoms with E-state index in [0.29, 0.717) is 13.0 Å². The molecule has 14 atom stereocenters. The summed E-state index contributed by atoms with van der Waals surface area (Å²) in [6.07, 6.45) is -5.74. The van der Waals surface area contributed by atoms with Gasteiger partial charge in [0, 0.05) is 24.5 Å². The first kappa shape index (κ1) is 36.3. The fraction of sp³-hybridized carbons (Fsp3) is 0.967. The van der Waals surface area contributed by atoms with Gasteiger partial charge in [0.25, 0.3) is 0 Å². The van der Waals surface area contributed by atoms with Gasteiger partial charge in [0.2, 0.25) is 0 Å². The topological polar surface area (TPSA) is 152 Å². The number of nitrogens with zero attached hydrogens (tertiary/aromatic N) is 2. The van der Waals surface area contributed by atoms with Crippen LogP contribution in [0.15, 0.2) is 0 Å². The maximum absolute atomic E-state index is 13.3. The molecule has 0 unspecified atom stereocenters. The van der Waals surface area contributed by atoms with Crippen LogP contribution in [0.3, 0.4) is 0 Å². The second-order valence-corrected chi connectivity index (χ2v) is 13.6. The van der Waals surface area contributed by atoms with E-state index in [-0.39, 0.29) is 30.9 Å². The van der Waals surface area contributed by atoms with Crippen LogP contribution in [0.4, 0.5) is 0 Å². The SMILES string of the molecule is CC[C@H]1OC(=O)[C@H](C)[C@@H](O)[C@H](C)[C@@H](O[C@@H]2O[C@H](C)C[C@H](N(C)C)[C@@H]2O)[C@](C)(O)C[C@@H](C)CN(C)[C@H](C)[C@@H](O)[C@]1(C)O. The van der Waals surface area contributed by atoms with Gasteiger partial charge in [-0.15, -0.1) is 0 Å². The van der Waals surface area contributed by atoms with Gasteiger partial charge < -0.3 is 49.5 Å². The fourth-order valence-corrected chi connectivity index (χ4v) is 6.74. The number of ether oxygens (including phenoxy) is 3. The summed E-state index contributed by atoms with van der Waals surface area (Å²) in [5, 5.41) is 57.0. The van der Waals surface area contributed by atoms with Crippen molar-refractivity contribution in [1.29, 1.82) is 0 Å². The van der Waals surface area contributed by atoms with Gasteiger partial charge in [-0.05, 0) is 80.9 Å². The Morgan fingerprint density at radius 3 is 2.17 bits per heavy atom. The zero-order chi connectivity index (χ0) is 31.6. The fourth-order valence-electron chi connectivity index (χ4n) is 6.74. The highest BCUT2D eigenvalue weighted by Gasteiger charge is 2.49. The first-order valence-electron chi connectivity index (χ1n) is 15.1. The summed E-state index contributed by atoms with van der Waals surface area (Å²) >= 11 is 0. The zero-order valence-electron chi connectivity index (χ0n) is 27.0. The van der Waals surface area contributed by atoms with Gasteiger partial charge in [-0.25, -0.2) is 0 Å². The van der Waals surface area contributed by atoms with Gasteiger partial charge in [0.15, 0.2) is 6.29 Å². The van der Waals surface area contributed by atoms with Crippen LogP contribution in [0.5, 0.6) is 0 Å². The maximum Gasteiger partial charge on any atom is 0.311 e. The number of aliphatic hydroxyl groups excluding tert-OH is 3. The molecule has 2 rings (SSSR count). The van der Waals surface area contributed by atoms with E-state index >= 15 is 0 Å². The van der Waals surface area contributed by atoms with Gasteiger partial charge in [0.05, 0.1) is 29.8 Å². The summed E-state index contributed by atoms with van der Waals surface area (Å²) in [5.41, 5.74) is -3.25. The number of aliphatic hydroxyl groups is 5. The Balaban J connectivity index is 2.52. The van der Waals surface area contributed by atoms with Crippen LogP contribution in [0.1, 0.15) is 74.7 Å². The highest BCUT2D eigenvalue weighted by molar-refractivity contribution is 5.73. The van der Waals surface area contributed by atoms with Gasteiger partial charge in [-0.2, -0.15) is 0 Å². The smallest absolute Gasteiger partial charge is 0.311 e. The van der Waals surface area contributed by atoms with Crippen LogP contribution < -0.4 is 0 Å². The Bertz CT molecular complexity index is 841. The molecule has 0 aromatic rings. The van der Waals surface area contributed by atoms with E-state index in [4.69, 9.17) is 14.2 Å². The molecule has 2 fully saturated rings. The van der Waals surface area contributed by atoms with Crippen molar-refractivity contribution in [3.05, 3.63) is 0 Å². The molecule has 0 amide bonds. The molecular weight excluding hydrogens is 532 g/mol. The monoisotopic (exact) mass is 590 g/mol. The van der Waals surface area contributed by atoms with Crippen molar-refractivity contribution in [3.63, 3.8) is 0 Å². The standard InChI is InChI=1S/C30H58N2O9/c1-12-22-30(8,38)25(35)20(6)32(11)15-16(2)14-29(7,37)26(18(4)23(33)19(5)27(36)40-22)41-28-24(34)21(31(9)10)13-17(3)39-28/h16-26,28,33-35,37-38H,12-15H2,1-11H3/t16-,17-,18+,19-,20-,21+,22-,23+,24+,25-,26-,28+,29-,30-/m1/s1. The highest BCUT2D eigenvalue weighted by atomic mass is 16.7. The van der Waals surface area contributed by atoms with Crippen molar-refractivity contribution in [2.45, 2.75) is 141 Å². The number of carbonyl (C=O) groups excluding carboxylic acids is 1. The van der Waals surface area contributed by atoms with Crippen molar-refractivity contribution in [2.75, 3.05) is 27.7 Å². The molecule has 0 bridgehead atoms. The van der Waals surface area contributed by atoms with Crippen LogP contribution in [0.25, 0.3) is 0 Å². The average molecular weight is 591 g/mol. The van der Waals surface area contributed by atoms with E-state index in [1.807, 2.05) is 44.8 Å². The third-order valence-electron chi connectivity index (χ3n) is 9.46. The molecule has 0 spiro atoms. The Morgan fingerprint density at radius 1 is 1.05 bits per heavy atom. The summed E-state index contributed by atoms with van der Waals surface area (Å²) in [7, 11) is 5.58. The van der Waals surface area contributed by atoms with Gasteiger partial charge in [-0.3, -0.25) is 4.79 Å². The van der Waals surface area contributed by atoms with Crippen molar-refractivity contribution < 1.29 is 44.5 Å². The first-order valence-corrected chi connectivity index (χ1v) is 15.1. The normalized spacial score (nSPS) is 48.4. The van der Waals surface area contributed by atoms with Gasteiger partial charge >= 0.3 is 5.97 Å². The number of carbonyl (C=O) groups is 1. The van der Waals surface area contributed by atoms with E-state index in [2.05, 4.69) is 0 Å². The largest absolute Gasteiger partial charge is 0.459 e. The van der Waals surface area contributed by atoms with Crippen LogP contribution >= 0.6 is 0 Å². The van der Waals surface area contributed by atoms with Gasteiger partial charge in [0.1, 0.15) is 23.9 Å². The molecule has 0 radical (unpaired) electrons.